The number of benzene rings is 1. The molecule has 3 heteroatoms. The number of pyridine rings is 1. The Labute approximate surface area is 129 Å². The number of aldehydes is 1. The zero-order valence-corrected chi connectivity index (χ0v) is 12.8. The van der Waals surface area contributed by atoms with Crippen molar-refractivity contribution in [3.8, 4) is 0 Å². The first-order chi connectivity index (χ1) is 10.6. The summed E-state index contributed by atoms with van der Waals surface area (Å²) in [5.74, 6) is 0.397. The van der Waals surface area contributed by atoms with Gasteiger partial charge in [-0.3, -0.25) is 9.78 Å². The van der Waals surface area contributed by atoms with E-state index in [1.807, 2.05) is 19.3 Å². The highest BCUT2D eigenvalue weighted by atomic mass is 16.3. The average molecular weight is 293 g/mol. The second-order valence-corrected chi connectivity index (χ2v) is 6.62. The molecule has 2 unspecified atom stereocenters. The van der Waals surface area contributed by atoms with Crippen molar-refractivity contribution in [2.45, 2.75) is 38.7 Å². The number of hydrogen-bond acceptors (Lipinski definition) is 3. The van der Waals surface area contributed by atoms with E-state index in [1.54, 1.807) is 0 Å². The molecule has 112 valence electrons. The summed E-state index contributed by atoms with van der Waals surface area (Å²) in [6, 6.07) is 4.20. The van der Waals surface area contributed by atoms with Crippen molar-refractivity contribution in [1.82, 2.24) is 4.98 Å². The van der Waals surface area contributed by atoms with Gasteiger partial charge in [-0.1, -0.05) is 13.8 Å². The lowest BCUT2D eigenvalue weighted by atomic mass is 9.95. The van der Waals surface area contributed by atoms with Crippen LogP contribution in [-0.2, 0) is 4.79 Å². The Morgan fingerprint density at radius 1 is 1.23 bits per heavy atom. The van der Waals surface area contributed by atoms with Crippen LogP contribution in [0.3, 0.4) is 0 Å². The first-order valence-corrected chi connectivity index (χ1v) is 7.90. The van der Waals surface area contributed by atoms with E-state index < -0.39 is 6.10 Å². The molecule has 0 radical (unpaired) electrons. The maximum Gasteiger partial charge on any atom is 0.146 e. The lowest BCUT2D eigenvalue weighted by Crippen LogP contribution is -2.00. The van der Waals surface area contributed by atoms with Crippen molar-refractivity contribution < 1.29 is 9.90 Å². The van der Waals surface area contributed by atoms with E-state index >= 15 is 0 Å². The zero-order chi connectivity index (χ0) is 15.4. The number of carbonyl (C=O) groups excluding carboxylic acids is 1. The summed E-state index contributed by atoms with van der Waals surface area (Å²) < 4.78 is 0. The molecule has 3 atom stereocenters. The third-order valence-corrected chi connectivity index (χ3v) is 5.38. The fraction of sp³-hybridized carbons (Fsp3) is 0.368. The molecule has 2 aliphatic rings. The monoisotopic (exact) mass is 293 g/mol. The molecule has 1 aromatic heterocycles. The van der Waals surface area contributed by atoms with Crippen LogP contribution in [0.15, 0.2) is 30.1 Å². The molecular formula is C19H19NO2. The molecule has 4 rings (SSSR count). The van der Waals surface area contributed by atoms with Crippen LogP contribution in [0.5, 0.6) is 0 Å². The second-order valence-electron chi connectivity index (χ2n) is 6.62. The van der Waals surface area contributed by atoms with E-state index in [-0.39, 0.29) is 5.92 Å². The first kappa shape index (κ1) is 13.6. The van der Waals surface area contributed by atoms with Gasteiger partial charge in [-0.2, -0.15) is 0 Å². The quantitative estimate of drug-likeness (QED) is 0.858. The smallest absolute Gasteiger partial charge is 0.146 e. The number of hydrogen-bond donors (Lipinski definition) is 1. The molecule has 1 heterocycles. The molecule has 1 aromatic carbocycles. The summed E-state index contributed by atoms with van der Waals surface area (Å²) in [7, 11) is 0. The molecular weight excluding hydrogens is 274 g/mol. The molecule has 0 fully saturated rings. The van der Waals surface area contributed by atoms with Gasteiger partial charge in [0.1, 0.15) is 6.29 Å². The average Bonchev–Trinajstić information content (AvgIpc) is 3.02. The molecule has 1 N–H and O–H groups in total. The van der Waals surface area contributed by atoms with Crippen LogP contribution in [-0.4, -0.2) is 16.4 Å². The Morgan fingerprint density at radius 2 is 2.05 bits per heavy atom. The van der Waals surface area contributed by atoms with E-state index in [0.29, 0.717) is 5.92 Å². The second kappa shape index (κ2) is 4.75. The van der Waals surface area contributed by atoms with E-state index in [1.165, 1.54) is 0 Å². The molecule has 2 aromatic rings. The minimum absolute atomic E-state index is 0.0727. The summed E-state index contributed by atoms with van der Waals surface area (Å²) in [6.45, 7) is 4.14. The number of aromatic nitrogens is 1. The van der Waals surface area contributed by atoms with Crippen molar-refractivity contribution in [3.05, 3.63) is 46.8 Å². The molecule has 22 heavy (non-hydrogen) atoms. The molecule has 0 saturated carbocycles. The minimum atomic E-state index is -0.485. The number of nitrogens with zero attached hydrogens (tertiary/aromatic N) is 1. The Kier molecular flexibility index (Phi) is 2.95. The van der Waals surface area contributed by atoms with Gasteiger partial charge in [0.05, 0.1) is 6.10 Å². The maximum absolute atomic E-state index is 11.4. The highest BCUT2D eigenvalue weighted by molar-refractivity contribution is 5.97. The fourth-order valence-electron chi connectivity index (χ4n) is 4.03. The van der Waals surface area contributed by atoms with E-state index in [2.05, 4.69) is 24.0 Å². The van der Waals surface area contributed by atoms with Gasteiger partial charge in [0.2, 0.25) is 0 Å². The van der Waals surface area contributed by atoms with Crippen LogP contribution in [0, 0.1) is 5.92 Å². The highest BCUT2D eigenvalue weighted by Gasteiger charge is 2.31. The van der Waals surface area contributed by atoms with E-state index in [0.717, 1.165) is 57.7 Å². The van der Waals surface area contributed by atoms with Gasteiger partial charge in [0, 0.05) is 23.7 Å². The first-order valence-electron chi connectivity index (χ1n) is 7.90. The Morgan fingerprint density at radius 3 is 2.82 bits per heavy atom. The molecule has 0 bridgehead atoms. The number of carbonyl (C=O) groups is 1. The summed E-state index contributed by atoms with van der Waals surface area (Å²) in [6.07, 6.45) is 6.19. The van der Waals surface area contributed by atoms with E-state index in [4.69, 9.17) is 0 Å². The highest BCUT2D eigenvalue weighted by Crippen LogP contribution is 2.47. The van der Waals surface area contributed by atoms with Gasteiger partial charge in [-0.15, -0.1) is 0 Å². The van der Waals surface area contributed by atoms with Crippen molar-refractivity contribution in [2.75, 3.05) is 0 Å². The molecule has 0 saturated heterocycles. The predicted octanol–water partition coefficient (Wildman–Crippen LogP) is 3.77. The fourth-order valence-corrected chi connectivity index (χ4v) is 4.03. The molecule has 2 aliphatic carbocycles. The van der Waals surface area contributed by atoms with Crippen LogP contribution in [0.4, 0.5) is 0 Å². The van der Waals surface area contributed by atoms with Gasteiger partial charge < -0.3 is 5.11 Å². The van der Waals surface area contributed by atoms with Gasteiger partial charge in [-0.05, 0) is 64.1 Å². The summed E-state index contributed by atoms with van der Waals surface area (Å²) in [5.41, 5.74) is 5.22. The van der Waals surface area contributed by atoms with Crippen molar-refractivity contribution >= 4 is 22.6 Å². The van der Waals surface area contributed by atoms with Crippen LogP contribution in [0.25, 0.3) is 16.3 Å². The van der Waals surface area contributed by atoms with Crippen LogP contribution >= 0.6 is 0 Å². The van der Waals surface area contributed by atoms with Crippen molar-refractivity contribution in [2.24, 2.45) is 5.92 Å². The van der Waals surface area contributed by atoms with Gasteiger partial charge in [-0.25, -0.2) is 0 Å². The third-order valence-electron chi connectivity index (χ3n) is 5.38. The largest absolute Gasteiger partial charge is 0.388 e. The number of rotatable bonds is 2. The minimum Gasteiger partial charge on any atom is -0.388 e. The Balaban J connectivity index is 1.98. The van der Waals surface area contributed by atoms with Gasteiger partial charge in [0.15, 0.2) is 0 Å². The zero-order valence-electron chi connectivity index (χ0n) is 12.8. The topological polar surface area (TPSA) is 50.2 Å². The lowest BCUT2D eigenvalue weighted by Gasteiger charge is -2.12. The third kappa shape index (κ3) is 1.72. The van der Waals surface area contributed by atoms with Crippen LogP contribution < -0.4 is 0 Å². The van der Waals surface area contributed by atoms with Crippen molar-refractivity contribution in [3.63, 3.8) is 0 Å². The van der Waals surface area contributed by atoms with Crippen LogP contribution in [0.1, 0.15) is 55.4 Å². The van der Waals surface area contributed by atoms with Gasteiger partial charge in [0.25, 0.3) is 0 Å². The predicted molar refractivity (Wildman–Crippen MR) is 86.5 cm³/mol. The molecule has 0 amide bonds. The SMILES string of the molecule is CC1c2cncc3cc(C4=C(C=O)[C@H](C)CC4)cc(c23)C1O. The summed E-state index contributed by atoms with van der Waals surface area (Å²) >= 11 is 0. The number of allylic oxidation sites excluding steroid dienone is 2. The molecule has 3 nitrogen and oxygen atoms in total. The summed E-state index contributed by atoms with van der Waals surface area (Å²) in [5, 5.41) is 12.8. The summed E-state index contributed by atoms with van der Waals surface area (Å²) in [4.78, 5) is 15.8. The Hall–Kier alpha value is -2.00. The van der Waals surface area contributed by atoms with Gasteiger partial charge >= 0.3 is 0 Å². The number of aliphatic hydroxyl groups excluding tert-OH is 1. The van der Waals surface area contributed by atoms with E-state index in [9.17, 15) is 9.90 Å². The van der Waals surface area contributed by atoms with Crippen LogP contribution in [0.2, 0.25) is 0 Å². The molecule has 0 spiro atoms. The Bertz CT molecular complexity index is 822. The normalized spacial score (nSPS) is 27.0. The van der Waals surface area contributed by atoms with Crippen molar-refractivity contribution in [1.29, 1.82) is 0 Å². The number of aliphatic hydroxyl groups is 1. The standard InChI is InChI=1S/C19H19NO2/c1-10-3-4-14(17(10)9-21)12-5-13-7-20-8-16-11(2)19(22)15(6-12)18(13)16/h5-11,19,22H,3-4H2,1-2H3/t10-,11?,19?/m1/s1. The lowest BCUT2D eigenvalue weighted by molar-refractivity contribution is -0.105. The molecule has 0 aliphatic heterocycles. The maximum atomic E-state index is 11.4.